The van der Waals surface area contributed by atoms with E-state index in [4.69, 9.17) is 0 Å². The number of fused-ring (bicyclic) bond motifs is 1. The van der Waals surface area contributed by atoms with Crippen LogP contribution in [0.2, 0.25) is 0 Å². The fourth-order valence-corrected chi connectivity index (χ4v) is 2.37. The van der Waals surface area contributed by atoms with E-state index in [2.05, 4.69) is 17.2 Å². The fourth-order valence-electron chi connectivity index (χ4n) is 2.37. The summed E-state index contributed by atoms with van der Waals surface area (Å²) in [5, 5.41) is 3.58. The lowest BCUT2D eigenvalue weighted by atomic mass is 9.91. The van der Waals surface area contributed by atoms with Gasteiger partial charge in [0.25, 0.3) is 0 Å². The molecule has 0 saturated heterocycles. The van der Waals surface area contributed by atoms with Gasteiger partial charge in [-0.25, -0.2) is 0 Å². The molecular formula is C13H20N2O. The number of rotatable bonds is 4. The smallest absolute Gasteiger partial charge is 0.248 e. The van der Waals surface area contributed by atoms with Gasteiger partial charge >= 0.3 is 0 Å². The maximum Gasteiger partial charge on any atom is 0.248 e. The van der Waals surface area contributed by atoms with E-state index in [-0.39, 0.29) is 5.56 Å². The van der Waals surface area contributed by atoms with Gasteiger partial charge in [0, 0.05) is 17.8 Å². The Bertz CT molecular complexity index is 397. The van der Waals surface area contributed by atoms with Crippen LogP contribution in [-0.2, 0) is 6.42 Å². The molecular weight excluding hydrogens is 200 g/mol. The quantitative estimate of drug-likeness (QED) is 0.764. The van der Waals surface area contributed by atoms with Gasteiger partial charge in [-0.3, -0.25) is 4.79 Å². The van der Waals surface area contributed by atoms with Crippen LogP contribution in [0.1, 0.15) is 49.9 Å². The van der Waals surface area contributed by atoms with Gasteiger partial charge in [-0.15, -0.1) is 0 Å². The maximum atomic E-state index is 11.2. The molecule has 1 aromatic rings. The lowest BCUT2D eigenvalue weighted by Gasteiger charge is -2.25. The first-order chi connectivity index (χ1) is 7.81. The summed E-state index contributed by atoms with van der Waals surface area (Å²) in [7, 11) is 0. The van der Waals surface area contributed by atoms with Crippen LogP contribution in [0.4, 0.5) is 0 Å². The van der Waals surface area contributed by atoms with E-state index in [1.807, 2.05) is 6.07 Å². The van der Waals surface area contributed by atoms with Gasteiger partial charge in [-0.05, 0) is 37.8 Å². The average Bonchev–Trinajstić information content (AvgIpc) is 2.29. The van der Waals surface area contributed by atoms with Crippen molar-refractivity contribution in [3.8, 4) is 0 Å². The Morgan fingerprint density at radius 2 is 2.38 bits per heavy atom. The van der Waals surface area contributed by atoms with Crippen LogP contribution in [0, 0.1) is 0 Å². The number of aryl methyl sites for hydroxylation is 1. The highest BCUT2D eigenvalue weighted by Gasteiger charge is 2.19. The minimum atomic E-state index is 0.0213. The van der Waals surface area contributed by atoms with Crippen molar-refractivity contribution in [1.82, 2.24) is 10.3 Å². The molecule has 0 aromatic carbocycles. The Labute approximate surface area is 96.3 Å². The van der Waals surface area contributed by atoms with Crippen LogP contribution in [0.3, 0.4) is 0 Å². The predicted molar refractivity (Wildman–Crippen MR) is 65.7 cm³/mol. The molecule has 2 rings (SSSR count). The third-order valence-electron chi connectivity index (χ3n) is 3.25. The van der Waals surface area contributed by atoms with Crippen molar-refractivity contribution in [2.45, 2.75) is 45.1 Å². The summed E-state index contributed by atoms with van der Waals surface area (Å²) in [5.74, 6) is 0. The van der Waals surface area contributed by atoms with Gasteiger partial charge in [0.15, 0.2) is 0 Å². The van der Waals surface area contributed by atoms with E-state index >= 15 is 0 Å². The molecule has 1 aliphatic carbocycles. The lowest BCUT2D eigenvalue weighted by molar-refractivity contribution is 0.449. The van der Waals surface area contributed by atoms with Crippen LogP contribution < -0.4 is 10.9 Å². The number of aromatic nitrogens is 1. The second kappa shape index (κ2) is 5.30. The normalized spacial score (nSPS) is 19.4. The highest BCUT2D eigenvalue weighted by molar-refractivity contribution is 5.26. The van der Waals surface area contributed by atoms with Crippen molar-refractivity contribution >= 4 is 0 Å². The Morgan fingerprint density at radius 1 is 1.50 bits per heavy atom. The molecule has 0 bridgehead atoms. The highest BCUT2D eigenvalue weighted by atomic mass is 16.1. The van der Waals surface area contributed by atoms with Gasteiger partial charge in [-0.2, -0.15) is 0 Å². The van der Waals surface area contributed by atoms with Crippen molar-refractivity contribution in [3.63, 3.8) is 0 Å². The van der Waals surface area contributed by atoms with Crippen LogP contribution in [0.5, 0.6) is 0 Å². The molecule has 3 heteroatoms. The predicted octanol–water partition coefficient (Wildman–Crippen LogP) is 2.14. The summed E-state index contributed by atoms with van der Waals surface area (Å²) in [5.41, 5.74) is 2.45. The molecule has 1 aliphatic rings. The molecule has 2 N–H and O–H groups in total. The van der Waals surface area contributed by atoms with E-state index in [0.29, 0.717) is 6.04 Å². The first-order valence-corrected chi connectivity index (χ1v) is 6.26. The Morgan fingerprint density at radius 3 is 3.19 bits per heavy atom. The van der Waals surface area contributed by atoms with Crippen LogP contribution in [-0.4, -0.2) is 11.5 Å². The second-order valence-electron chi connectivity index (χ2n) is 4.51. The number of pyridine rings is 1. The molecule has 0 aliphatic heterocycles. The Balaban J connectivity index is 2.10. The first kappa shape index (κ1) is 11.4. The Hall–Kier alpha value is -1.09. The van der Waals surface area contributed by atoms with Gasteiger partial charge in [0.05, 0.1) is 0 Å². The monoisotopic (exact) mass is 220 g/mol. The molecule has 0 spiro atoms. The zero-order valence-electron chi connectivity index (χ0n) is 9.88. The number of hydrogen-bond acceptors (Lipinski definition) is 2. The molecule has 1 aromatic heterocycles. The zero-order chi connectivity index (χ0) is 11.4. The standard InChI is InChI=1S/C13H20N2O/c1-2-3-9-14-11-5-4-6-12-10(11)7-8-13(16)15-12/h7-8,11,14H,2-6,9H2,1H3,(H,15,16)/t11-/m0/s1. The summed E-state index contributed by atoms with van der Waals surface area (Å²) < 4.78 is 0. The second-order valence-corrected chi connectivity index (χ2v) is 4.51. The van der Waals surface area contributed by atoms with E-state index in [0.717, 1.165) is 25.1 Å². The highest BCUT2D eigenvalue weighted by Crippen LogP contribution is 2.27. The van der Waals surface area contributed by atoms with E-state index in [1.54, 1.807) is 6.07 Å². The number of H-pyrrole nitrogens is 1. The van der Waals surface area contributed by atoms with Gasteiger partial charge in [0.2, 0.25) is 5.56 Å². The van der Waals surface area contributed by atoms with Crippen LogP contribution in [0.15, 0.2) is 16.9 Å². The molecule has 0 saturated carbocycles. The minimum absolute atomic E-state index is 0.0213. The first-order valence-electron chi connectivity index (χ1n) is 6.26. The molecule has 0 radical (unpaired) electrons. The van der Waals surface area contributed by atoms with Gasteiger partial charge in [-0.1, -0.05) is 19.4 Å². The summed E-state index contributed by atoms with van der Waals surface area (Å²) in [6, 6.07) is 4.06. The molecule has 0 fully saturated rings. The molecule has 16 heavy (non-hydrogen) atoms. The number of hydrogen-bond donors (Lipinski definition) is 2. The summed E-state index contributed by atoms with van der Waals surface area (Å²) >= 11 is 0. The molecule has 0 amide bonds. The summed E-state index contributed by atoms with van der Waals surface area (Å²) in [6.07, 6.45) is 5.80. The van der Waals surface area contributed by atoms with E-state index < -0.39 is 0 Å². The third kappa shape index (κ3) is 2.53. The Kier molecular flexibility index (Phi) is 3.78. The van der Waals surface area contributed by atoms with E-state index in [1.165, 1.54) is 24.8 Å². The molecule has 0 unspecified atom stereocenters. The van der Waals surface area contributed by atoms with Gasteiger partial charge in [0.1, 0.15) is 0 Å². The van der Waals surface area contributed by atoms with E-state index in [9.17, 15) is 4.79 Å². The van der Waals surface area contributed by atoms with Crippen LogP contribution in [0.25, 0.3) is 0 Å². The minimum Gasteiger partial charge on any atom is -0.326 e. The van der Waals surface area contributed by atoms with Crippen LogP contribution >= 0.6 is 0 Å². The largest absolute Gasteiger partial charge is 0.326 e. The average molecular weight is 220 g/mol. The maximum absolute atomic E-state index is 11.2. The number of nitrogens with one attached hydrogen (secondary N) is 2. The molecule has 1 atom stereocenters. The van der Waals surface area contributed by atoms with Crippen molar-refractivity contribution in [3.05, 3.63) is 33.7 Å². The van der Waals surface area contributed by atoms with Crippen molar-refractivity contribution in [2.24, 2.45) is 0 Å². The SMILES string of the molecule is CCCCN[C@H]1CCCc2[nH]c(=O)ccc21. The fraction of sp³-hybridized carbons (Fsp3) is 0.615. The molecule has 1 heterocycles. The molecule has 88 valence electrons. The lowest BCUT2D eigenvalue weighted by Crippen LogP contribution is -2.28. The van der Waals surface area contributed by atoms with Gasteiger partial charge < -0.3 is 10.3 Å². The van der Waals surface area contributed by atoms with Crippen molar-refractivity contribution < 1.29 is 0 Å². The van der Waals surface area contributed by atoms with Crippen molar-refractivity contribution in [2.75, 3.05) is 6.54 Å². The number of aromatic amines is 1. The summed E-state index contributed by atoms with van der Waals surface area (Å²) in [6.45, 7) is 3.27. The molecule has 3 nitrogen and oxygen atoms in total. The van der Waals surface area contributed by atoms with Crippen molar-refractivity contribution in [1.29, 1.82) is 0 Å². The zero-order valence-corrected chi connectivity index (χ0v) is 9.88. The third-order valence-corrected chi connectivity index (χ3v) is 3.25. The topological polar surface area (TPSA) is 44.9 Å². The number of unbranched alkanes of at least 4 members (excludes halogenated alkanes) is 1. The summed E-state index contributed by atoms with van der Waals surface area (Å²) in [4.78, 5) is 14.2.